The summed E-state index contributed by atoms with van der Waals surface area (Å²) in [7, 11) is 0. The van der Waals surface area contributed by atoms with E-state index in [1.54, 1.807) is 11.3 Å². The molecular weight excluding hydrogens is 344 g/mol. The van der Waals surface area contributed by atoms with Crippen molar-refractivity contribution in [1.29, 1.82) is 0 Å². The molecule has 5 heteroatoms. The van der Waals surface area contributed by atoms with E-state index in [1.807, 2.05) is 25.1 Å². The number of aromatic nitrogens is 1. The van der Waals surface area contributed by atoms with Crippen molar-refractivity contribution in [3.63, 3.8) is 0 Å². The maximum atomic E-state index is 6.11. The number of hydrogen-bond donors (Lipinski definition) is 1. The molecule has 0 amide bonds. The summed E-state index contributed by atoms with van der Waals surface area (Å²) in [6.45, 7) is 5.05. The maximum Gasteiger partial charge on any atom is 0.0947 e. The number of rotatable bonds is 5. The minimum atomic E-state index is 0.226. The zero-order valence-electron chi connectivity index (χ0n) is 10.9. The molecule has 102 valence electrons. The Balaban J connectivity index is 2.26. The molecule has 0 bridgehead atoms. The molecule has 1 heterocycles. The molecule has 2 rings (SSSR count). The number of halogens is 2. The van der Waals surface area contributed by atoms with E-state index in [2.05, 4.69) is 38.5 Å². The number of aryl methyl sites for hydroxylation is 1. The van der Waals surface area contributed by atoms with Crippen molar-refractivity contribution in [2.45, 2.75) is 26.3 Å². The summed E-state index contributed by atoms with van der Waals surface area (Å²) >= 11 is 11.4. The molecule has 2 aromatic rings. The zero-order chi connectivity index (χ0) is 13.8. The van der Waals surface area contributed by atoms with Gasteiger partial charge < -0.3 is 5.32 Å². The van der Waals surface area contributed by atoms with Gasteiger partial charge in [0, 0.05) is 33.0 Å². The molecule has 0 aliphatic rings. The van der Waals surface area contributed by atoms with Gasteiger partial charge in [-0.05, 0) is 37.2 Å². The topological polar surface area (TPSA) is 24.9 Å². The molecule has 0 radical (unpaired) electrons. The van der Waals surface area contributed by atoms with Crippen molar-refractivity contribution >= 4 is 38.9 Å². The van der Waals surface area contributed by atoms with E-state index in [0.29, 0.717) is 0 Å². The Hall–Kier alpha value is -0.420. The summed E-state index contributed by atoms with van der Waals surface area (Å²) in [4.78, 5) is 4.54. The van der Waals surface area contributed by atoms with Crippen molar-refractivity contribution in [2.75, 3.05) is 6.54 Å². The van der Waals surface area contributed by atoms with Gasteiger partial charge in [0.2, 0.25) is 0 Å². The minimum Gasteiger partial charge on any atom is -0.310 e. The molecule has 0 spiro atoms. The predicted molar refractivity (Wildman–Crippen MR) is 86.1 cm³/mol. The minimum absolute atomic E-state index is 0.226. The molecule has 2 nitrogen and oxygen atoms in total. The van der Waals surface area contributed by atoms with Crippen molar-refractivity contribution < 1.29 is 0 Å². The largest absolute Gasteiger partial charge is 0.310 e. The molecule has 1 unspecified atom stereocenters. The summed E-state index contributed by atoms with van der Waals surface area (Å²) in [5, 5.41) is 7.50. The van der Waals surface area contributed by atoms with Crippen LogP contribution >= 0.6 is 38.9 Å². The van der Waals surface area contributed by atoms with Gasteiger partial charge in [-0.25, -0.2) is 4.98 Å². The van der Waals surface area contributed by atoms with Gasteiger partial charge in [0.25, 0.3) is 0 Å². The van der Waals surface area contributed by atoms with E-state index >= 15 is 0 Å². The zero-order valence-corrected chi connectivity index (χ0v) is 14.1. The number of hydrogen-bond acceptors (Lipinski definition) is 3. The monoisotopic (exact) mass is 358 g/mol. The Morgan fingerprint density at radius 3 is 2.89 bits per heavy atom. The average Bonchev–Trinajstić information content (AvgIpc) is 2.77. The van der Waals surface area contributed by atoms with Crippen LogP contribution < -0.4 is 5.32 Å². The number of thiazole rings is 1. The van der Waals surface area contributed by atoms with Crippen LogP contribution in [-0.4, -0.2) is 11.5 Å². The van der Waals surface area contributed by atoms with E-state index in [4.69, 9.17) is 11.6 Å². The van der Waals surface area contributed by atoms with Crippen LogP contribution in [0.25, 0.3) is 0 Å². The lowest BCUT2D eigenvalue weighted by Crippen LogP contribution is -2.23. The number of nitrogens with zero attached hydrogens (tertiary/aromatic N) is 1. The Kier molecular flexibility index (Phi) is 5.39. The Labute approximate surface area is 131 Å². The highest BCUT2D eigenvalue weighted by atomic mass is 79.9. The van der Waals surface area contributed by atoms with Crippen LogP contribution in [-0.2, 0) is 6.42 Å². The predicted octanol–water partition coefficient (Wildman–Crippen LogP) is 4.76. The second-order valence-corrected chi connectivity index (χ2v) is 6.60. The highest BCUT2D eigenvalue weighted by Gasteiger charge is 2.16. The van der Waals surface area contributed by atoms with E-state index in [9.17, 15) is 0 Å². The van der Waals surface area contributed by atoms with E-state index < -0.39 is 0 Å². The van der Waals surface area contributed by atoms with Gasteiger partial charge in [-0.1, -0.05) is 34.5 Å². The van der Waals surface area contributed by atoms with Gasteiger partial charge in [-0.15, -0.1) is 11.3 Å². The van der Waals surface area contributed by atoms with Crippen LogP contribution in [0, 0.1) is 6.92 Å². The third-order valence-corrected chi connectivity index (χ3v) is 4.78. The quantitative estimate of drug-likeness (QED) is 0.832. The number of benzene rings is 1. The SMILES string of the molecule is CCNC(Cc1nc(C)cs1)c1cc(Cl)ccc1Br. The summed E-state index contributed by atoms with van der Waals surface area (Å²) < 4.78 is 1.08. The standard InChI is InChI=1S/C14H16BrClN2S/c1-3-17-13(7-14-18-9(2)8-19-14)11-6-10(16)4-5-12(11)15/h4-6,8,13,17H,3,7H2,1-2H3. The Bertz CT molecular complexity index is 556. The second-order valence-electron chi connectivity index (χ2n) is 4.36. The van der Waals surface area contributed by atoms with E-state index in [1.165, 1.54) is 5.56 Å². The second kappa shape index (κ2) is 6.84. The first-order valence-corrected chi connectivity index (χ1v) is 8.24. The Morgan fingerprint density at radius 2 is 2.26 bits per heavy atom. The average molecular weight is 360 g/mol. The first kappa shape index (κ1) is 15.0. The molecule has 1 aromatic heterocycles. The Morgan fingerprint density at radius 1 is 1.47 bits per heavy atom. The summed E-state index contributed by atoms with van der Waals surface area (Å²) in [5.41, 5.74) is 2.27. The van der Waals surface area contributed by atoms with Crippen molar-refractivity contribution in [3.05, 3.63) is 49.3 Å². The van der Waals surface area contributed by atoms with Gasteiger partial charge in [0.1, 0.15) is 0 Å². The maximum absolute atomic E-state index is 6.11. The lowest BCUT2D eigenvalue weighted by molar-refractivity contribution is 0.546. The molecule has 1 N–H and O–H groups in total. The molecule has 0 saturated carbocycles. The van der Waals surface area contributed by atoms with E-state index in [0.717, 1.165) is 33.2 Å². The summed E-state index contributed by atoms with van der Waals surface area (Å²) in [5.74, 6) is 0. The van der Waals surface area contributed by atoms with Crippen LogP contribution in [0.5, 0.6) is 0 Å². The fourth-order valence-corrected chi connectivity index (χ4v) is 3.51. The normalized spacial score (nSPS) is 12.6. The molecule has 1 aromatic carbocycles. The molecule has 0 aliphatic carbocycles. The third-order valence-electron chi connectivity index (χ3n) is 2.83. The van der Waals surface area contributed by atoms with Gasteiger partial charge in [-0.3, -0.25) is 0 Å². The van der Waals surface area contributed by atoms with Gasteiger partial charge >= 0.3 is 0 Å². The number of likely N-dealkylation sites (N-methyl/N-ethyl adjacent to an activating group) is 1. The molecule has 19 heavy (non-hydrogen) atoms. The highest BCUT2D eigenvalue weighted by Crippen LogP contribution is 2.29. The van der Waals surface area contributed by atoms with Crippen LogP contribution in [0.3, 0.4) is 0 Å². The highest BCUT2D eigenvalue weighted by molar-refractivity contribution is 9.10. The lowest BCUT2D eigenvalue weighted by Gasteiger charge is -2.19. The van der Waals surface area contributed by atoms with Crippen LogP contribution in [0.4, 0.5) is 0 Å². The molecular formula is C14H16BrClN2S. The molecule has 0 fully saturated rings. The van der Waals surface area contributed by atoms with Gasteiger partial charge in [0.15, 0.2) is 0 Å². The van der Waals surface area contributed by atoms with Crippen molar-refractivity contribution in [1.82, 2.24) is 10.3 Å². The van der Waals surface area contributed by atoms with Crippen molar-refractivity contribution in [2.24, 2.45) is 0 Å². The lowest BCUT2D eigenvalue weighted by atomic mass is 10.0. The third kappa shape index (κ3) is 4.02. The van der Waals surface area contributed by atoms with Gasteiger partial charge in [-0.2, -0.15) is 0 Å². The fraction of sp³-hybridized carbons (Fsp3) is 0.357. The summed E-state index contributed by atoms with van der Waals surface area (Å²) in [6, 6.07) is 6.13. The van der Waals surface area contributed by atoms with Crippen LogP contribution in [0.15, 0.2) is 28.1 Å². The van der Waals surface area contributed by atoms with Gasteiger partial charge in [0.05, 0.1) is 5.01 Å². The molecule has 1 atom stereocenters. The van der Waals surface area contributed by atoms with Crippen LogP contribution in [0.1, 0.15) is 29.2 Å². The summed E-state index contributed by atoms with van der Waals surface area (Å²) in [6.07, 6.45) is 0.880. The van der Waals surface area contributed by atoms with Crippen LogP contribution in [0.2, 0.25) is 5.02 Å². The molecule has 0 saturated heterocycles. The first-order valence-electron chi connectivity index (χ1n) is 6.19. The fourth-order valence-electron chi connectivity index (χ4n) is 1.99. The first-order chi connectivity index (χ1) is 9.10. The number of nitrogens with one attached hydrogen (secondary N) is 1. The molecule has 0 aliphatic heterocycles. The van der Waals surface area contributed by atoms with E-state index in [-0.39, 0.29) is 6.04 Å². The van der Waals surface area contributed by atoms with Crippen molar-refractivity contribution in [3.8, 4) is 0 Å². The smallest absolute Gasteiger partial charge is 0.0947 e.